The first-order chi connectivity index (χ1) is 12.0. The second-order valence-corrected chi connectivity index (χ2v) is 8.38. The van der Waals surface area contributed by atoms with Crippen molar-refractivity contribution >= 4 is 17.7 Å². The van der Waals surface area contributed by atoms with E-state index in [1.54, 1.807) is 34.6 Å². The summed E-state index contributed by atoms with van der Waals surface area (Å²) in [5.74, 6) is -0.233. The summed E-state index contributed by atoms with van der Waals surface area (Å²) in [5, 5.41) is 5.55. The number of nitrogens with one attached hydrogen (secondary N) is 2. The molecule has 2 amide bonds. The van der Waals surface area contributed by atoms with Crippen LogP contribution in [0.2, 0.25) is 0 Å². The number of amides is 2. The summed E-state index contributed by atoms with van der Waals surface area (Å²) in [6.07, 6.45) is 0.426. The number of hydrogen-bond acceptors (Lipinski definition) is 4. The molecule has 0 spiro atoms. The van der Waals surface area contributed by atoms with Gasteiger partial charge in [0.2, 0.25) is 5.91 Å². The highest BCUT2D eigenvalue weighted by Gasteiger charge is 2.32. The molecule has 0 aliphatic carbocycles. The van der Waals surface area contributed by atoms with Gasteiger partial charge in [0.25, 0.3) is 0 Å². The van der Waals surface area contributed by atoms with Crippen LogP contribution < -0.4 is 15.5 Å². The minimum atomic E-state index is -1.04. The van der Waals surface area contributed by atoms with Crippen molar-refractivity contribution in [2.45, 2.75) is 65.1 Å². The van der Waals surface area contributed by atoms with E-state index in [9.17, 15) is 9.59 Å². The lowest BCUT2D eigenvalue weighted by atomic mass is 10.1. The maximum atomic E-state index is 12.5. The molecular formula is C20H31N3O3. The van der Waals surface area contributed by atoms with Crippen LogP contribution in [0.5, 0.6) is 0 Å². The van der Waals surface area contributed by atoms with Crippen LogP contribution in [0.25, 0.3) is 0 Å². The van der Waals surface area contributed by atoms with Crippen LogP contribution in [-0.2, 0) is 16.0 Å². The summed E-state index contributed by atoms with van der Waals surface area (Å²) in [4.78, 5) is 26.7. The van der Waals surface area contributed by atoms with Gasteiger partial charge in [-0.1, -0.05) is 18.2 Å². The third kappa shape index (κ3) is 5.13. The number of fused-ring (bicyclic) bond motifs is 1. The van der Waals surface area contributed by atoms with Crippen molar-refractivity contribution in [1.29, 1.82) is 0 Å². The number of anilines is 1. The average Bonchev–Trinajstić information content (AvgIpc) is 2.80. The standard InChI is InChI=1S/C20H31N3O3/c1-14-13-15-9-7-8-10-16(15)23(14)12-11-21-17(24)20(5,6)22-18(25)26-19(2,3)4/h7-10,14H,11-13H2,1-6H3,(H,21,24)(H,22,25). The Balaban J connectivity index is 1.85. The maximum absolute atomic E-state index is 12.5. The molecule has 1 aliphatic heterocycles. The molecule has 6 nitrogen and oxygen atoms in total. The Labute approximate surface area is 156 Å². The first-order valence-electron chi connectivity index (χ1n) is 9.13. The lowest BCUT2D eigenvalue weighted by molar-refractivity contribution is -0.126. The maximum Gasteiger partial charge on any atom is 0.408 e. The number of carbonyl (C=O) groups is 2. The molecule has 1 aliphatic rings. The monoisotopic (exact) mass is 361 g/mol. The minimum Gasteiger partial charge on any atom is -0.444 e. The molecule has 2 N–H and O–H groups in total. The third-order valence-corrected chi connectivity index (χ3v) is 4.37. The Bertz CT molecular complexity index is 665. The molecule has 144 valence electrons. The van der Waals surface area contributed by atoms with Crippen LogP contribution in [-0.4, -0.2) is 42.3 Å². The molecule has 1 heterocycles. The molecule has 1 aromatic rings. The molecule has 0 radical (unpaired) electrons. The minimum absolute atomic E-state index is 0.233. The van der Waals surface area contributed by atoms with Gasteiger partial charge < -0.3 is 20.3 Å². The van der Waals surface area contributed by atoms with Crippen molar-refractivity contribution in [3.05, 3.63) is 29.8 Å². The quantitative estimate of drug-likeness (QED) is 0.846. The van der Waals surface area contributed by atoms with E-state index < -0.39 is 17.2 Å². The molecule has 1 unspecified atom stereocenters. The van der Waals surface area contributed by atoms with Gasteiger partial charge in [0, 0.05) is 24.8 Å². The van der Waals surface area contributed by atoms with E-state index in [0.29, 0.717) is 12.6 Å². The van der Waals surface area contributed by atoms with E-state index in [-0.39, 0.29) is 5.91 Å². The highest BCUT2D eigenvalue weighted by molar-refractivity contribution is 5.89. The van der Waals surface area contributed by atoms with Crippen LogP contribution in [0, 0.1) is 0 Å². The Morgan fingerprint density at radius 2 is 1.85 bits per heavy atom. The zero-order chi connectivity index (χ0) is 19.5. The Morgan fingerprint density at radius 3 is 2.50 bits per heavy atom. The van der Waals surface area contributed by atoms with E-state index in [2.05, 4.69) is 40.7 Å². The van der Waals surface area contributed by atoms with Crippen molar-refractivity contribution in [2.24, 2.45) is 0 Å². The fourth-order valence-electron chi connectivity index (χ4n) is 3.10. The fourth-order valence-corrected chi connectivity index (χ4v) is 3.10. The van der Waals surface area contributed by atoms with Gasteiger partial charge in [0.15, 0.2) is 0 Å². The second-order valence-electron chi connectivity index (χ2n) is 8.38. The van der Waals surface area contributed by atoms with Gasteiger partial charge in [-0.25, -0.2) is 4.79 Å². The van der Waals surface area contributed by atoms with Gasteiger partial charge in [0.05, 0.1) is 0 Å². The van der Waals surface area contributed by atoms with Crippen molar-refractivity contribution in [3.63, 3.8) is 0 Å². The van der Waals surface area contributed by atoms with Gasteiger partial charge >= 0.3 is 6.09 Å². The van der Waals surface area contributed by atoms with Gasteiger partial charge in [-0.2, -0.15) is 0 Å². The SMILES string of the molecule is CC1Cc2ccccc2N1CCNC(=O)C(C)(C)NC(=O)OC(C)(C)C. The molecular weight excluding hydrogens is 330 g/mol. The predicted octanol–water partition coefficient (Wildman–Crippen LogP) is 2.86. The highest BCUT2D eigenvalue weighted by Crippen LogP contribution is 2.31. The lowest BCUT2D eigenvalue weighted by Crippen LogP contribution is -2.56. The Kier molecular flexibility index (Phi) is 5.84. The topological polar surface area (TPSA) is 70.7 Å². The number of ether oxygens (including phenoxy) is 1. The number of hydrogen-bond donors (Lipinski definition) is 2. The molecule has 6 heteroatoms. The van der Waals surface area contributed by atoms with Crippen molar-refractivity contribution in [2.75, 3.05) is 18.0 Å². The Hall–Kier alpha value is -2.24. The molecule has 26 heavy (non-hydrogen) atoms. The Morgan fingerprint density at radius 1 is 1.19 bits per heavy atom. The second kappa shape index (κ2) is 7.56. The summed E-state index contributed by atoms with van der Waals surface area (Å²) < 4.78 is 5.22. The number of carbonyl (C=O) groups excluding carboxylic acids is 2. The summed E-state index contributed by atoms with van der Waals surface area (Å²) in [6, 6.07) is 8.78. The van der Waals surface area contributed by atoms with E-state index >= 15 is 0 Å². The largest absolute Gasteiger partial charge is 0.444 e. The van der Waals surface area contributed by atoms with Crippen LogP contribution in [0.4, 0.5) is 10.5 Å². The third-order valence-electron chi connectivity index (χ3n) is 4.37. The smallest absolute Gasteiger partial charge is 0.408 e. The summed E-state index contributed by atoms with van der Waals surface area (Å²) >= 11 is 0. The highest BCUT2D eigenvalue weighted by atomic mass is 16.6. The fraction of sp³-hybridized carbons (Fsp3) is 0.600. The van der Waals surface area contributed by atoms with Crippen molar-refractivity contribution < 1.29 is 14.3 Å². The van der Waals surface area contributed by atoms with Gasteiger partial charge in [0.1, 0.15) is 11.1 Å². The predicted molar refractivity (Wildman–Crippen MR) is 103 cm³/mol. The zero-order valence-electron chi connectivity index (χ0n) is 16.7. The summed E-state index contributed by atoms with van der Waals surface area (Å²) in [6.45, 7) is 12.1. The number of alkyl carbamates (subject to hydrolysis) is 1. The van der Waals surface area contributed by atoms with E-state index in [4.69, 9.17) is 4.74 Å². The molecule has 0 bridgehead atoms. The molecule has 1 atom stereocenters. The first kappa shape index (κ1) is 20.1. The molecule has 0 aromatic heterocycles. The van der Waals surface area contributed by atoms with Crippen LogP contribution in [0.3, 0.4) is 0 Å². The van der Waals surface area contributed by atoms with E-state index in [0.717, 1.165) is 13.0 Å². The van der Waals surface area contributed by atoms with Gasteiger partial charge in [-0.05, 0) is 59.6 Å². The summed E-state index contributed by atoms with van der Waals surface area (Å²) in [5.41, 5.74) is 0.936. The van der Waals surface area contributed by atoms with Crippen molar-refractivity contribution in [3.8, 4) is 0 Å². The average molecular weight is 361 g/mol. The van der Waals surface area contributed by atoms with Gasteiger partial charge in [-0.15, -0.1) is 0 Å². The van der Waals surface area contributed by atoms with E-state index in [1.165, 1.54) is 11.3 Å². The van der Waals surface area contributed by atoms with Crippen LogP contribution >= 0.6 is 0 Å². The molecule has 0 saturated carbocycles. The number of benzene rings is 1. The number of nitrogens with zero attached hydrogens (tertiary/aromatic N) is 1. The number of para-hydroxylation sites is 1. The lowest BCUT2D eigenvalue weighted by Gasteiger charge is -2.29. The molecule has 2 rings (SSSR count). The van der Waals surface area contributed by atoms with Gasteiger partial charge in [-0.3, -0.25) is 4.79 Å². The molecule has 1 aromatic carbocycles. The van der Waals surface area contributed by atoms with Crippen molar-refractivity contribution in [1.82, 2.24) is 10.6 Å². The molecule has 0 fully saturated rings. The normalized spacial score (nSPS) is 16.8. The summed E-state index contributed by atoms with van der Waals surface area (Å²) in [7, 11) is 0. The number of rotatable bonds is 5. The van der Waals surface area contributed by atoms with Crippen LogP contribution in [0.15, 0.2) is 24.3 Å². The first-order valence-corrected chi connectivity index (χ1v) is 9.13. The molecule has 0 saturated heterocycles. The van der Waals surface area contributed by atoms with E-state index in [1.807, 2.05) is 6.07 Å². The van der Waals surface area contributed by atoms with Crippen LogP contribution in [0.1, 0.15) is 47.1 Å². The zero-order valence-corrected chi connectivity index (χ0v) is 16.7.